The van der Waals surface area contributed by atoms with Crippen molar-refractivity contribution in [1.29, 1.82) is 0 Å². The fourth-order valence-electron chi connectivity index (χ4n) is 3.37. The molecule has 9 nitrogen and oxygen atoms in total. The van der Waals surface area contributed by atoms with Gasteiger partial charge in [-0.25, -0.2) is 9.78 Å². The van der Waals surface area contributed by atoms with Gasteiger partial charge in [-0.1, -0.05) is 12.7 Å². The Morgan fingerprint density at radius 2 is 2.18 bits per heavy atom. The van der Waals surface area contributed by atoms with Gasteiger partial charge in [0, 0.05) is 6.54 Å². The van der Waals surface area contributed by atoms with Crippen LogP contribution in [0.15, 0.2) is 40.3 Å². The maximum absolute atomic E-state index is 12.8. The topological polar surface area (TPSA) is 118 Å². The van der Waals surface area contributed by atoms with Crippen molar-refractivity contribution < 1.29 is 23.8 Å². The van der Waals surface area contributed by atoms with Crippen molar-refractivity contribution in [1.82, 2.24) is 14.9 Å². The summed E-state index contributed by atoms with van der Waals surface area (Å²) in [6.07, 6.45) is 2.32. The number of furan rings is 1. The monoisotopic (exact) mass is 489 g/mol. The first-order valence-electron chi connectivity index (χ1n) is 10.9. The molecule has 0 saturated carbocycles. The minimum absolute atomic E-state index is 0.0878. The molecular formula is C24H31N3O6S. The average molecular weight is 490 g/mol. The van der Waals surface area contributed by atoms with Crippen molar-refractivity contribution in [2.24, 2.45) is 0 Å². The lowest BCUT2D eigenvalue weighted by Crippen LogP contribution is -2.37. The van der Waals surface area contributed by atoms with E-state index in [4.69, 9.17) is 13.9 Å². The van der Waals surface area contributed by atoms with Gasteiger partial charge in [0.05, 0.1) is 43.1 Å². The first-order chi connectivity index (χ1) is 16.1. The number of ether oxygens (including phenoxy) is 2. The summed E-state index contributed by atoms with van der Waals surface area (Å²) in [6.45, 7) is 12.2. The van der Waals surface area contributed by atoms with Crippen molar-refractivity contribution in [2.45, 2.75) is 52.5 Å². The Labute approximate surface area is 202 Å². The van der Waals surface area contributed by atoms with E-state index in [9.17, 15) is 14.7 Å². The van der Waals surface area contributed by atoms with E-state index in [-0.39, 0.29) is 37.5 Å². The van der Waals surface area contributed by atoms with E-state index in [1.807, 2.05) is 31.7 Å². The Bertz CT molecular complexity index is 1180. The Kier molecular flexibility index (Phi) is 8.42. The first kappa shape index (κ1) is 25.8. The first-order valence-corrected chi connectivity index (χ1v) is 11.8. The molecule has 3 aromatic heterocycles. The number of carbonyl (C=O) groups is 1. The molecule has 2 N–H and O–H groups in total. The molecular weight excluding hydrogens is 458 g/mol. The highest BCUT2D eigenvalue weighted by Gasteiger charge is 2.22. The van der Waals surface area contributed by atoms with Crippen LogP contribution in [0.1, 0.15) is 47.6 Å². The van der Waals surface area contributed by atoms with Crippen LogP contribution >= 0.6 is 11.3 Å². The Balaban J connectivity index is 1.83. The zero-order valence-electron chi connectivity index (χ0n) is 19.9. The third-order valence-electron chi connectivity index (χ3n) is 4.88. The number of thiophene rings is 1. The Hall–Kier alpha value is -2.79. The van der Waals surface area contributed by atoms with Gasteiger partial charge in [0.15, 0.2) is 0 Å². The van der Waals surface area contributed by atoms with Crippen molar-refractivity contribution in [3.8, 4) is 0 Å². The molecule has 0 saturated heterocycles. The number of carbonyl (C=O) groups excluding carboxylic acids is 1. The normalized spacial score (nSPS) is 12.9. The van der Waals surface area contributed by atoms with Gasteiger partial charge in [-0.2, -0.15) is 0 Å². The van der Waals surface area contributed by atoms with E-state index >= 15 is 0 Å². The molecule has 0 aromatic carbocycles. The van der Waals surface area contributed by atoms with Gasteiger partial charge in [-0.15, -0.1) is 11.3 Å². The summed E-state index contributed by atoms with van der Waals surface area (Å²) in [4.78, 5) is 35.3. The quantitative estimate of drug-likeness (QED) is 0.311. The van der Waals surface area contributed by atoms with Crippen LogP contribution in [-0.2, 0) is 22.6 Å². The lowest BCUT2D eigenvalue weighted by Gasteiger charge is -2.26. The number of esters is 1. The van der Waals surface area contributed by atoms with Crippen LogP contribution in [-0.4, -0.2) is 57.4 Å². The molecule has 184 valence electrons. The number of H-pyrrole nitrogens is 1. The molecule has 3 rings (SSSR count). The average Bonchev–Trinajstić information content (AvgIpc) is 3.38. The number of rotatable bonds is 11. The smallest absolute Gasteiger partial charge is 0.348 e. The lowest BCUT2D eigenvalue weighted by molar-refractivity contribution is -0.0577. The van der Waals surface area contributed by atoms with E-state index in [0.717, 1.165) is 11.3 Å². The number of nitrogens with zero attached hydrogens (tertiary/aromatic N) is 2. The molecule has 1 atom stereocenters. The Morgan fingerprint density at radius 1 is 1.41 bits per heavy atom. The second kappa shape index (κ2) is 11.1. The number of fused-ring (bicyclic) bond motifs is 1. The van der Waals surface area contributed by atoms with Gasteiger partial charge >= 0.3 is 5.97 Å². The molecule has 0 unspecified atom stereocenters. The van der Waals surface area contributed by atoms with Crippen LogP contribution in [0.5, 0.6) is 0 Å². The number of aryl methyl sites for hydroxylation is 1. The molecule has 0 radical (unpaired) electrons. The maximum atomic E-state index is 12.8. The summed E-state index contributed by atoms with van der Waals surface area (Å²) in [5.41, 5.74) is -0.158. The summed E-state index contributed by atoms with van der Waals surface area (Å²) in [5, 5.41) is 10.9. The zero-order valence-corrected chi connectivity index (χ0v) is 20.7. The standard InChI is InChI=1S/C24H31N3O6S/c1-6-9-32-23(30)20-15(2)19-21(29)25-18(26-22(19)34-20)13-27(12-17-8-7-10-31-17)11-16(28)14-33-24(3,4)5/h6-8,10,16,28H,1,9,11-14H2,2-5H3,(H,25,26,29)/t16-/m0/s1. The van der Waals surface area contributed by atoms with Gasteiger partial charge in [-0.05, 0) is 45.4 Å². The second-order valence-electron chi connectivity index (χ2n) is 8.96. The summed E-state index contributed by atoms with van der Waals surface area (Å²) < 4.78 is 16.3. The summed E-state index contributed by atoms with van der Waals surface area (Å²) in [5.74, 6) is 0.620. The van der Waals surface area contributed by atoms with Gasteiger partial charge in [0.1, 0.15) is 27.9 Å². The van der Waals surface area contributed by atoms with E-state index in [2.05, 4.69) is 16.5 Å². The minimum atomic E-state index is -0.750. The van der Waals surface area contributed by atoms with E-state index in [1.165, 1.54) is 6.08 Å². The van der Waals surface area contributed by atoms with Crippen LogP contribution in [0.2, 0.25) is 0 Å². The highest BCUT2D eigenvalue weighted by Crippen LogP contribution is 2.28. The fourth-order valence-corrected chi connectivity index (χ4v) is 4.47. The van der Waals surface area contributed by atoms with Gasteiger partial charge in [-0.3, -0.25) is 9.69 Å². The predicted molar refractivity (Wildman–Crippen MR) is 130 cm³/mol. The number of hydrogen-bond acceptors (Lipinski definition) is 9. The van der Waals surface area contributed by atoms with Crippen LogP contribution in [0.4, 0.5) is 0 Å². The van der Waals surface area contributed by atoms with Crippen LogP contribution in [0, 0.1) is 6.92 Å². The number of aliphatic hydroxyl groups is 1. The SMILES string of the molecule is C=CCOC(=O)c1sc2nc(CN(Cc3ccco3)C[C@H](O)COC(C)(C)C)[nH]c(=O)c2c1C. The number of hydrogen-bond donors (Lipinski definition) is 2. The summed E-state index contributed by atoms with van der Waals surface area (Å²) >= 11 is 1.12. The molecule has 0 spiro atoms. The second-order valence-corrected chi connectivity index (χ2v) is 9.96. The minimum Gasteiger partial charge on any atom is -0.468 e. The third-order valence-corrected chi connectivity index (χ3v) is 6.04. The van der Waals surface area contributed by atoms with Crippen LogP contribution in [0.25, 0.3) is 10.2 Å². The molecule has 0 aliphatic carbocycles. The molecule has 0 fully saturated rings. The fraction of sp³-hybridized carbons (Fsp3) is 0.458. The number of aromatic nitrogens is 2. The molecule has 0 bridgehead atoms. The Morgan fingerprint density at radius 3 is 2.82 bits per heavy atom. The molecule has 34 heavy (non-hydrogen) atoms. The predicted octanol–water partition coefficient (Wildman–Crippen LogP) is 3.41. The third kappa shape index (κ3) is 6.86. The lowest BCUT2D eigenvalue weighted by atomic mass is 10.2. The van der Waals surface area contributed by atoms with Crippen molar-refractivity contribution >= 4 is 27.5 Å². The van der Waals surface area contributed by atoms with Gasteiger partial charge in [0.25, 0.3) is 5.56 Å². The molecule has 10 heteroatoms. The van der Waals surface area contributed by atoms with Crippen LogP contribution in [0.3, 0.4) is 0 Å². The van der Waals surface area contributed by atoms with E-state index < -0.39 is 12.1 Å². The highest BCUT2D eigenvalue weighted by molar-refractivity contribution is 7.20. The van der Waals surface area contributed by atoms with Crippen molar-refractivity contribution in [3.63, 3.8) is 0 Å². The highest BCUT2D eigenvalue weighted by atomic mass is 32.1. The van der Waals surface area contributed by atoms with Crippen LogP contribution < -0.4 is 5.56 Å². The summed E-state index contributed by atoms with van der Waals surface area (Å²) in [7, 11) is 0. The van der Waals surface area contributed by atoms with E-state index in [0.29, 0.717) is 38.8 Å². The van der Waals surface area contributed by atoms with Crippen molar-refractivity contribution in [3.05, 3.63) is 63.4 Å². The maximum Gasteiger partial charge on any atom is 0.348 e. The van der Waals surface area contributed by atoms with Crippen molar-refractivity contribution in [2.75, 3.05) is 19.8 Å². The number of nitrogens with one attached hydrogen (secondary N) is 1. The van der Waals surface area contributed by atoms with E-state index in [1.54, 1.807) is 19.3 Å². The van der Waals surface area contributed by atoms with Gasteiger partial charge < -0.3 is 24.0 Å². The molecule has 3 heterocycles. The number of aliphatic hydroxyl groups excluding tert-OH is 1. The number of aromatic amines is 1. The molecule has 0 aliphatic heterocycles. The summed E-state index contributed by atoms with van der Waals surface area (Å²) in [6, 6.07) is 3.63. The molecule has 0 aliphatic rings. The molecule has 3 aromatic rings. The largest absolute Gasteiger partial charge is 0.468 e. The molecule has 0 amide bonds. The zero-order chi connectivity index (χ0) is 24.9. The van der Waals surface area contributed by atoms with Gasteiger partial charge in [0.2, 0.25) is 0 Å².